The van der Waals surface area contributed by atoms with E-state index < -0.39 is 22.0 Å². The molecule has 2 rings (SSSR count). The topological polar surface area (TPSA) is 124 Å². The maximum atomic E-state index is 12.5. The fourth-order valence-electron chi connectivity index (χ4n) is 2.36. The summed E-state index contributed by atoms with van der Waals surface area (Å²) in [5.41, 5.74) is 0. The van der Waals surface area contributed by atoms with Gasteiger partial charge in [0.25, 0.3) is 0 Å². The van der Waals surface area contributed by atoms with Crippen LogP contribution < -0.4 is 4.74 Å². The molecule has 0 unspecified atom stereocenters. The predicted octanol–water partition coefficient (Wildman–Crippen LogP) is 0.565. The number of methoxy groups -OCH3 is 1. The zero-order valence-electron chi connectivity index (χ0n) is 15.0. The van der Waals surface area contributed by atoms with Gasteiger partial charge in [-0.1, -0.05) is 0 Å². The molecule has 1 saturated heterocycles. The van der Waals surface area contributed by atoms with E-state index in [1.807, 2.05) is 0 Å². The number of carbonyl (C=O) groups is 2. The van der Waals surface area contributed by atoms with Gasteiger partial charge in [-0.25, -0.2) is 18.0 Å². The van der Waals surface area contributed by atoms with Crippen LogP contribution >= 0.6 is 0 Å². The number of hydrogen-bond acceptors (Lipinski definition) is 6. The quantitative estimate of drug-likeness (QED) is 0.717. The van der Waals surface area contributed by atoms with Crippen LogP contribution in [0.3, 0.4) is 0 Å². The molecule has 1 aliphatic rings. The van der Waals surface area contributed by atoms with Gasteiger partial charge in [0.05, 0.1) is 12.0 Å². The molecule has 0 amide bonds. The van der Waals surface area contributed by atoms with Gasteiger partial charge in [-0.15, -0.1) is 0 Å². The lowest BCUT2D eigenvalue weighted by molar-refractivity contribution is -0.159. The predicted molar refractivity (Wildman–Crippen MR) is 93.7 cm³/mol. The number of ether oxygens (including phenoxy) is 1. The lowest BCUT2D eigenvalue weighted by atomic mass is 10.3. The summed E-state index contributed by atoms with van der Waals surface area (Å²) in [5, 5.41) is 14.8. The molecule has 10 heteroatoms. The molecule has 1 heterocycles. The minimum absolute atomic E-state index is 0.330. The summed E-state index contributed by atoms with van der Waals surface area (Å²) >= 11 is 0. The largest absolute Gasteiger partial charge is 0.497 e. The molecule has 2 N–H and O–H groups in total. The number of piperazine rings is 1. The lowest BCUT2D eigenvalue weighted by Gasteiger charge is -2.36. The summed E-state index contributed by atoms with van der Waals surface area (Å²) in [7, 11) is -1.82. The van der Waals surface area contributed by atoms with Gasteiger partial charge in [-0.2, -0.15) is 4.31 Å². The molecule has 0 radical (unpaired) electrons. The number of benzene rings is 1. The molecule has 0 saturated carbocycles. The molecule has 1 aliphatic heterocycles. The highest BCUT2D eigenvalue weighted by molar-refractivity contribution is 7.89. The summed E-state index contributed by atoms with van der Waals surface area (Å²) in [5.74, 6) is -2.99. The smallest absolute Gasteiger partial charge is 0.414 e. The minimum Gasteiger partial charge on any atom is -0.497 e. The van der Waals surface area contributed by atoms with Crippen molar-refractivity contribution in [3.8, 4) is 5.75 Å². The molecule has 0 aromatic heterocycles. The van der Waals surface area contributed by atoms with Crippen molar-refractivity contribution in [3.63, 3.8) is 0 Å². The molecule has 1 aromatic rings. The first-order chi connectivity index (χ1) is 12.1. The molecular weight excluding hydrogens is 364 g/mol. The van der Waals surface area contributed by atoms with Crippen molar-refractivity contribution in [3.05, 3.63) is 24.3 Å². The summed E-state index contributed by atoms with van der Waals surface area (Å²) in [6.45, 7) is 6.93. The highest BCUT2D eigenvalue weighted by atomic mass is 32.2. The second-order valence-electron chi connectivity index (χ2n) is 5.82. The molecule has 0 atom stereocenters. The fourth-order valence-corrected chi connectivity index (χ4v) is 3.78. The number of nitrogens with zero attached hydrogens (tertiary/aromatic N) is 2. The number of aliphatic carboxylic acids is 2. The van der Waals surface area contributed by atoms with Crippen LogP contribution in [0, 0.1) is 0 Å². The fraction of sp³-hybridized carbons (Fsp3) is 0.500. The van der Waals surface area contributed by atoms with E-state index in [0.29, 0.717) is 29.8 Å². The number of carboxylic acids is 2. The summed E-state index contributed by atoms with van der Waals surface area (Å²) < 4.78 is 31.7. The Morgan fingerprint density at radius 2 is 1.46 bits per heavy atom. The van der Waals surface area contributed by atoms with Gasteiger partial charge in [-0.05, 0) is 38.1 Å². The van der Waals surface area contributed by atoms with Gasteiger partial charge in [0, 0.05) is 32.2 Å². The van der Waals surface area contributed by atoms with Gasteiger partial charge in [0.2, 0.25) is 10.0 Å². The lowest BCUT2D eigenvalue weighted by Crippen LogP contribution is -2.50. The Hall–Kier alpha value is -2.17. The molecule has 146 valence electrons. The highest BCUT2D eigenvalue weighted by Gasteiger charge is 2.29. The van der Waals surface area contributed by atoms with Gasteiger partial charge in [0.1, 0.15) is 5.75 Å². The van der Waals surface area contributed by atoms with Crippen LogP contribution in [0.5, 0.6) is 5.75 Å². The Kier molecular flexibility index (Phi) is 8.00. The summed E-state index contributed by atoms with van der Waals surface area (Å²) in [4.78, 5) is 20.8. The Morgan fingerprint density at radius 3 is 1.81 bits per heavy atom. The minimum atomic E-state index is -3.39. The van der Waals surface area contributed by atoms with Crippen LogP contribution in [0.2, 0.25) is 0 Å². The van der Waals surface area contributed by atoms with E-state index in [9.17, 15) is 8.42 Å². The third-order valence-corrected chi connectivity index (χ3v) is 5.80. The van der Waals surface area contributed by atoms with Crippen LogP contribution in [0.25, 0.3) is 0 Å². The van der Waals surface area contributed by atoms with E-state index in [1.165, 1.54) is 0 Å². The summed E-state index contributed by atoms with van der Waals surface area (Å²) in [6, 6.07) is 7.02. The van der Waals surface area contributed by atoms with Crippen LogP contribution in [0.1, 0.15) is 13.8 Å². The molecule has 26 heavy (non-hydrogen) atoms. The van der Waals surface area contributed by atoms with Crippen LogP contribution in [0.15, 0.2) is 29.2 Å². The zero-order chi connectivity index (χ0) is 19.9. The Morgan fingerprint density at radius 1 is 1.00 bits per heavy atom. The molecule has 9 nitrogen and oxygen atoms in total. The standard InChI is InChI=1S/C14H22N2O3S.C2H2O4/c1-12(2)15-8-10-16(11-9-15)20(17,18)14-6-4-13(19-3)5-7-14;3-1(4)2(5)6/h4-7,12H,8-11H2,1-3H3;(H,3,4)(H,5,6). The molecule has 1 fully saturated rings. The number of rotatable bonds is 4. The van der Waals surface area contributed by atoms with Crippen molar-refractivity contribution in [2.75, 3.05) is 33.3 Å². The third kappa shape index (κ3) is 5.97. The first-order valence-electron chi connectivity index (χ1n) is 7.94. The number of sulfonamides is 1. The van der Waals surface area contributed by atoms with E-state index in [2.05, 4.69) is 18.7 Å². The van der Waals surface area contributed by atoms with Crippen molar-refractivity contribution in [2.45, 2.75) is 24.8 Å². The average Bonchev–Trinajstić information content (AvgIpc) is 2.62. The first-order valence-corrected chi connectivity index (χ1v) is 9.38. The molecular formula is C16H24N2O7S. The average molecular weight is 388 g/mol. The van der Waals surface area contributed by atoms with E-state index in [4.69, 9.17) is 24.5 Å². The molecule has 0 aliphatic carbocycles. The van der Waals surface area contributed by atoms with Crippen LogP contribution in [0.4, 0.5) is 0 Å². The second-order valence-corrected chi connectivity index (χ2v) is 7.76. The summed E-state index contributed by atoms with van der Waals surface area (Å²) in [6.07, 6.45) is 0. The monoisotopic (exact) mass is 388 g/mol. The SMILES string of the molecule is COc1ccc(S(=O)(=O)N2CCN(C(C)C)CC2)cc1.O=C(O)C(=O)O. The Labute approximate surface area is 152 Å². The van der Waals surface area contributed by atoms with Crippen LogP contribution in [-0.2, 0) is 19.6 Å². The van der Waals surface area contributed by atoms with E-state index >= 15 is 0 Å². The highest BCUT2D eigenvalue weighted by Crippen LogP contribution is 2.21. The number of hydrogen-bond donors (Lipinski definition) is 2. The van der Waals surface area contributed by atoms with Gasteiger partial charge >= 0.3 is 11.9 Å². The zero-order valence-corrected chi connectivity index (χ0v) is 15.8. The van der Waals surface area contributed by atoms with Gasteiger partial charge in [0.15, 0.2) is 0 Å². The van der Waals surface area contributed by atoms with E-state index in [0.717, 1.165) is 13.1 Å². The van der Waals surface area contributed by atoms with Gasteiger partial charge in [-0.3, -0.25) is 4.90 Å². The van der Waals surface area contributed by atoms with Crippen molar-refractivity contribution in [1.82, 2.24) is 9.21 Å². The first kappa shape index (κ1) is 21.9. The van der Waals surface area contributed by atoms with Crippen molar-refractivity contribution in [1.29, 1.82) is 0 Å². The van der Waals surface area contributed by atoms with E-state index in [1.54, 1.807) is 35.7 Å². The normalized spacial score (nSPS) is 15.8. The molecule has 0 spiro atoms. The van der Waals surface area contributed by atoms with E-state index in [-0.39, 0.29) is 0 Å². The Balaban J connectivity index is 0.000000487. The Bertz CT molecular complexity index is 697. The molecule has 0 bridgehead atoms. The number of carboxylic acid groups (broad SMARTS) is 2. The maximum Gasteiger partial charge on any atom is 0.414 e. The van der Waals surface area contributed by atoms with Gasteiger partial charge < -0.3 is 14.9 Å². The van der Waals surface area contributed by atoms with Crippen molar-refractivity contribution >= 4 is 22.0 Å². The third-order valence-electron chi connectivity index (χ3n) is 3.88. The maximum absolute atomic E-state index is 12.5. The van der Waals surface area contributed by atoms with Crippen LogP contribution in [-0.4, -0.2) is 79.1 Å². The molecule has 1 aromatic carbocycles. The van der Waals surface area contributed by atoms with Crippen molar-refractivity contribution in [2.24, 2.45) is 0 Å². The second kappa shape index (κ2) is 9.51. The van der Waals surface area contributed by atoms with Crippen molar-refractivity contribution < 1.29 is 33.0 Å².